The molecular formula is C43H81NO5. The Morgan fingerprint density at radius 1 is 0.571 bits per heavy atom. The highest BCUT2D eigenvalue weighted by atomic mass is 16.5. The van der Waals surface area contributed by atoms with Crippen LogP contribution in [0.3, 0.4) is 0 Å². The van der Waals surface area contributed by atoms with E-state index in [1.165, 1.54) is 83.5 Å². The Labute approximate surface area is 303 Å². The van der Waals surface area contributed by atoms with Gasteiger partial charge in [-0.3, -0.25) is 9.59 Å². The van der Waals surface area contributed by atoms with Gasteiger partial charge in [-0.05, 0) is 70.6 Å². The summed E-state index contributed by atoms with van der Waals surface area (Å²) in [6.07, 6.45) is 39.6. The lowest BCUT2D eigenvalue weighted by molar-refractivity contribution is -0.151. The van der Waals surface area contributed by atoms with Crippen molar-refractivity contribution in [3.8, 4) is 0 Å². The normalized spacial score (nSPS) is 13.7. The lowest BCUT2D eigenvalue weighted by atomic mass is 10.0. The van der Waals surface area contributed by atoms with E-state index in [1.807, 2.05) is 0 Å². The van der Waals surface area contributed by atoms with Crippen LogP contribution in [0, 0.1) is 0 Å². The topological polar surface area (TPSA) is 95.9 Å². The third-order valence-electron chi connectivity index (χ3n) is 9.48. The molecule has 0 bridgehead atoms. The Kier molecular flexibility index (Phi) is 36.3. The van der Waals surface area contributed by atoms with Crippen molar-refractivity contribution in [3.05, 3.63) is 24.3 Å². The summed E-state index contributed by atoms with van der Waals surface area (Å²) in [5.41, 5.74) is 0. The van der Waals surface area contributed by atoms with Gasteiger partial charge in [0.05, 0.1) is 25.2 Å². The number of amides is 1. The number of aliphatic hydroxyl groups excluding tert-OH is 2. The number of unbranched alkanes of at least 4 members (excludes halogenated alkanes) is 21. The summed E-state index contributed by atoms with van der Waals surface area (Å²) in [5.74, 6) is -0.504. The number of esters is 1. The zero-order chi connectivity index (χ0) is 36.0. The number of carbonyl (C=O) groups is 2. The van der Waals surface area contributed by atoms with Crippen LogP contribution in [-0.2, 0) is 14.3 Å². The molecule has 0 aromatic rings. The summed E-state index contributed by atoms with van der Waals surface area (Å²) >= 11 is 0. The molecule has 3 unspecified atom stereocenters. The molecule has 0 fully saturated rings. The van der Waals surface area contributed by atoms with Crippen LogP contribution in [0.4, 0.5) is 0 Å². The van der Waals surface area contributed by atoms with Crippen molar-refractivity contribution in [2.45, 2.75) is 232 Å². The molecular weight excluding hydrogens is 610 g/mol. The van der Waals surface area contributed by atoms with E-state index in [-0.39, 0.29) is 24.9 Å². The zero-order valence-corrected chi connectivity index (χ0v) is 32.6. The average Bonchev–Trinajstić information content (AvgIpc) is 3.09. The van der Waals surface area contributed by atoms with Crippen molar-refractivity contribution in [1.82, 2.24) is 5.32 Å². The van der Waals surface area contributed by atoms with Crippen LogP contribution in [0.2, 0.25) is 0 Å². The molecule has 0 aromatic carbocycles. The summed E-state index contributed by atoms with van der Waals surface area (Å²) < 4.78 is 5.85. The van der Waals surface area contributed by atoms with Gasteiger partial charge < -0.3 is 20.3 Å². The van der Waals surface area contributed by atoms with Gasteiger partial charge in [0.2, 0.25) is 5.91 Å². The van der Waals surface area contributed by atoms with E-state index in [1.54, 1.807) is 0 Å². The number of allylic oxidation sites excluding steroid dienone is 4. The van der Waals surface area contributed by atoms with Gasteiger partial charge >= 0.3 is 5.97 Å². The molecule has 3 atom stereocenters. The molecule has 0 aliphatic rings. The molecule has 49 heavy (non-hydrogen) atoms. The predicted octanol–water partition coefficient (Wildman–Crippen LogP) is 11.6. The maximum absolute atomic E-state index is 13.0. The molecule has 3 N–H and O–H groups in total. The van der Waals surface area contributed by atoms with E-state index in [2.05, 4.69) is 50.4 Å². The summed E-state index contributed by atoms with van der Waals surface area (Å²) in [5, 5.41) is 23.5. The predicted molar refractivity (Wildman–Crippen MR) is 209 cm³/mol. The van der Waals surface area contributed by atoms with Gasteiger partial charge in [-0.15, -0.1) is 0 Å². The van der Waals surface area contributed by atoms with Crippen LogP contribution in [-0.4, -0.2) is 46.9 Å². The minimum absolute atomic E-state index is 0.0651. The highest BCUT2D eigenvalue weighted by Crippen LogP contribution is 2.17. The first-order valence-corrected chi connectivity index (χ1v) is 21.1. The van der Waals surface area contributed by atoms with Crippen molar-refractivity contribution in [2.24, 2.45) is 0 Å². The second-order valence-corrected chi connectivity index (χ2v) is 14.4. The molecule has 0 rings (SSSR count). The van der Waals surface area contributed by atoms with Gasteiger partial charge in [0.15, 0.2) is 0 Å². The standard InChI is InChI=1S/C43H81NO5/c1-4-7-10-13-16-19-21-22-24-27-30-33-36-43(48)49-39(34-31-28-25-18-15-12-9-6-3)37-42(47)44-40(38-45)41(46)35-32-29-26-23-20-17-14-11-8-5-2/h12,15-16,19,39-41,45-46H,4-11,13-14,17-18,20-38H2,1-3H3,(H,44,47)/b15-12-,19-16-. The van der Waals surface area contributed by atoms with E-state index in [0.29, 0.717) is 19.3 Å². The molecule has 0 aromatic heterocycles. The minimum Gasteiger partial charge on any atom is -0.462 e. The summed E-state index contributed by atoms with van der Waals surface area (Å²) in [4.78, 5) is 25.8. The lowest BCUT2D eigenvalue weighted by Gasteiger charge is -2.24. The Hall–Kier alpha value is -1.66. The Balaban J connectivity index is 4.55. The quantitative estimate of drug-likeness (QED) is 0.0342. The van der Waals surface area contributed by atoms with Crippen molar-refractivity contribution >= 4 is 11.9 Å². The van der Waals surface area contributed by atoms with E-state index in [9.17, 15) is 19.8 Å². The Morgan fingerprint density at radius 3 is 1.59 bits per heavy atom. The number of ether oxygens (including phenoxy) is 1. The molecule has 6 heteroatoms. The molecule has 0 saturated carbocycles. The second kappa shape index (κ2) is 37.6. The van der Waals surface area contributed by atoms with Crippen LogP contribution in [0.5, 0.6) is 0 Å². The zero-order valence-electron chi connectivity index (χ0n) is 32.6. The SMILES string of the molecule is CCC/C=C\CCCCCC(CC(=O)NC(CO)C(O)CCCCCCCCCCCC)OC(=O)CCCCCCC/C=C\CCCCC. The fourth-order valence-corrected chi connectivity index (χ4v) is 6.25. The van der Waals surface area contributed by atoms with Gasteiger partial charge in [-0.1, -0.05) is 154 Å². The smallest absolute Gasteiger partial charge is 0.306 e. The van der Waals surface area contributed by atoms with Gasteiger partial charge in [0.1, 0.15) is 6.10 Å². The fourth-order valence-electron chi connectivity index (χ4n) is 6.25. The lowest BCUT2D eigenvalue weighted by Crippen LogP contribution is -2.46. The average molecular weight is 692 g/mol. The maximum Gasteiger partial charge on any atom is 0.306 e. The Bertz CT molecular complexity index is 782. The molecule has 0 spiro atoms. The summed E-state index contributed by atoms with van der Waals surface area (Å²) in [7, 11) is 0. The summed E-state index contributed by atoms with van der Waals surface area (Å²) in [6.45, 7) is 6.35. The number of rotatable bonds is 37. The molecule has 288 valence electrons. The van der Waals surface area contributed by atoms with Gasteiger partial charge in [-0.2, -0.15) is 0 Å². The molecule has 0 radical (unpaired) electrons. The van der Waals surface area contributed by atoms with Crippen LogP contribution < -0.4 is 5.32 Å². The largest absolute Gasteiger partial charge is 0.462 e. The number of aliphatic hydroxyl groups is 2. The second-order valence-electron chi connectivity index (χ2n) is 14.4. The van der Waals surface area contributed by atoms with Gasteiger partial charge in [0.25, 0.3) is 0 Å². The maximum atomic E-state index is 13.0. The van der Waals surface area contributed by atoms with E-state index in [4.69, 9.17) is 4.74 Å². The third-order valence-corrected chi connectivity index (χ3v) is 9.48. The number of hydrogen-bond donors (Lipinski definition) is 3. The first-order valence-electron chi connectivity index (χ1n) is 21.1. The monoisotopic (exact) mass is 692 g/mol. The van der Waals surface area contributed by atoms with Crippen molar-refractivity contribution < 1.29 is 24.5 Å². The number of hydrogen-bond acceptors (Lipinski definition) is 5. The first-order chi connectivity index (χ1) is 24.0. The number of carbonyl (C=O) groups excluding carboxylic acids is 2. The van der Waals surface area contributed by atoms with E-state index in [0.717, 1.165) is 83.5 Å². The number of nitrogens with one attached hydrogen (secondary N) is 1. The Morgan fingerprint density at radius 2 is 1.02 bits per heavy atom. The highest BCUT2D eigenvalue weighted by molar-refractivity contribution is 5.77. The first kappa shape index (κ1) is 47.3. The fraction of sp³-hybridized carbons (Fsp3) is 0.860. The minimum atomic E-state index is -0.786. The van der Waals surface area contributed by atoms with Crippen LogP contribution >= 0.6 is 0 Å². The van der Waals surface area contributed by atoms with Crippen LogP contribution in [0.1, 0.15) is 213 Å². The highest BCUT2D eigenvalue weighted by Gasteiger charge is 2.24. The van der Waals surface area contributed by atoms with Gasteiger partial charge in [-0.25, -0.2) is 0 Å². The van der Waals surface area contributed by atoms with Crippen molar-refractivity contribution in [3.63, 3.8) is 0 Å². The summed E-state index contributed by atoms with van der Waals surface area (Å²) in [6, 6.07) is -0.700. The van der Waals surface area contributed by atoms with E-state index >= 15 is 0 Å². The van der Waals surface area contributed by atoms with Crippen LogP contribution in [0.25, 0.3) is 0 Å². The van der Waals surface area contributed by atoms with E-state index < -0.39 is 18.2 Å². The molecule has 1 amide bonds. The molecule has 0 heterocycles. The van der Waals surface area contributed by atoms with Crippen LogP contribution in [0.15, 0.2) is 24.3 Å². The molecule has 6 nitrogen and oxygen atoms in total. The third kappa shape index (κ3) is 33.3. The van der Waals surface area contributed by atoms with Gasteiger partial charge in [0, 0.05) is 6.42 Å². The van der Waals surface area contributed by atoms with Crippen molar-refractivity contribution in [2.75, 3.05) is 6.61 Å². The van der Waals surface area contributed by atoms with Crippen molar-refractivity contribution in [1.29, 1.82) is 0 Å². The molecule has 0 saturated heterocycles. The molecule has 0 aliphatic heterocycles. The molecule has 0 aliphatic carbocycles.